The standard InChI is InChI=1S/C15H24N2/c1-13(14-7-5-4-6-8-14)17-11-9-15(2,16-3)10-12-17/h4-8,13,16H,9-12H2,1-3H3. The third kappa shape index (κ3) is 2.88. The van der Waals surface area contributed by atoms with Gasteiger partial charge in [0.1, 0.15) is 0 Å². The van der Waals surface area contributed by atoms with E-state index in [1.807, 2.05) is 0 Å². The van der Waals surface area contributed by atoms with Gasteiger partial charge in [-0.25, -0.2) is 0 Å². The van der Waals surface area contributed by atoms with Crippen LogP contribution in [0.4, 0.5) is 0 Å². The molecule has 1 aliphatic rings. The van der Waals surface area contributed by atoms with Gasteiger partial charge in [-0.2, -0.15) is 0 Å². The third-order valence-electron chi connectivity index (χ3n) is 4.33. The summed E-state index contributed by atoms with van der Waals surface area (Å²) in [6.07, 6.45) is 2.47. The highest BCUT2D eigenvalue weighted by molar-refractivity contribution is 5.18. The molecule has 1 unspecified atom stereocenters. The lowest BCUT2D eigenvalue weighted by molar-refractivity contribution is 0.117. The zero-order valence-electron chi connectivity index (χ0n) is 11.2. The number of rotatable bonds is 3. The van der Waals surface area contributed by atoms with Gasteiger partial charge in [-0.1, -0.05) is 30.3 Å². The quantitative estimate of drug-likeness (QED) is 0.862. The van der Waals surface area contributed by atoms with Crippen molar-refractivity contribution in [2.45, 2.75) is 38.3 Å². The Morgan fingerprint density at radius 2 is 1.76 bits per heavy atom. The van der Waals surface area contributed by atoms with Gasteiger partial charge in [0.25, 0.3) is 0 Å². The zero-order chi connectivity index (χ0) is 12.3. The molecule has 0 aromatic heterocycles. The van der Waals surface area contributed by atoms with E-state index in [4.69, 9.17) is 0 Å². The first-order valence-electron chi connectivity index (χ1n) is 6.62. The lowest BCUT2D eigenvalue weighted by Gasteiger charge is -2.42. The molecule has 94 valence electrons. The van der Waals surface area contributed by atoms with Gasteiger partial charge in [0.15, 0.2) is 0 Å². The maximum absolute atomic E-state index is 3.45. The van der Waals surface area contributed by atoms with Crippen molar-refractivity contribution in [2.24, 2.45) is 0 Å². The molecule has 1 saturated heterocycles. The molecule has 2 nitrogen and oxygen atoms in total. The van der Waals surface area contributed by atoms with Crippen molar-refractivity contribution in [3.05, 3.63) is 35.9 Å². The molecule has 0 spiro atoms. The number of piperidine rings is 1. The topological polar surface area (TPSA) is 15.3 Å². The van der Waals surface area contributed by atoms with Crippen LogP contribution < -0.4 is 5.32 Å². The molecule has 1 aromatic rings. The molecule has 2 rings (SSSR count). The molecule has 17 heavy (non-hydrogen) atoms. The summed E-state index contributed by atoms with van der Waals surface area (Å²) in [4.78, 5) is 2.59. The first-order chi connectivity index (χ1) is 8.14. The second-order valence-electron chi connectivity index (χ2n) is 5.43. The first kappa shape index (κ1) is 12.6. The van der Waals surface area contributed by atoms with Crippen LogP contribution in [0.1, 0.15) is 38.3 Å². The van der Waals surface area contributed by atoms with Crippen molar-refractivity contribution in [3.8, 4) is 0 Å². The molecule has 1 aromatic carbocycles. The van der Waals surface area contributed by atoms with Crippen LogP contribution >= 0.6 is 0 Å². The summed E-state index contributed by atoms with van der Waals surface area (Å²) >= 11 is 0. The summed E-state index contributed by atoms with van der Waals surface area (Å²) in [5.41, 5.74) is 1.77. The Morgan fingerprint density at radius 3 is 2.29 bits per heavy atom. The number of hydrogen-bond donors (Lipinski definition) is 1. The number of benzene rings is 1. The predicted octanol–water partition coefficient (Wildman–Crippen LogP) is 2.82. The molecule has 0 aliphatic carbocycles. The van der Waals surface area contributed by atoms with Crippen LogP contribution in [0.15, 0.2) is 30.3 Å². The van der Waals surface area contributed by atoms with E-state index >= 15 is 0 Å². The predicted molar refractivity (Wildman–Crippen MR) is 73.1 cm³/mol. The van der Waals surface area contributed by atoms with Crippen molar-refractivity contribution in [1.82, 2.24) is 10.2 Å². The Morgan fingerprint density at radius 1 is 1.18 bits per heavy atom. The maximum Gasteiger partial charge on any atom is 0.0319 e. The highest BCUT2D eigenvalue weighted by atomic mass is 15.2. The minimum absolute atomic E-state index is 0.340. The van der Waals surface area contributed by atoms with Gasteiger partial charge in [-0.3, -0.25) is 4.90 Å². The lowest BCUT2D eigenvalue weighted by Crippen LogP contribution is -2.50. The molecular weight excluding hydrogens is 208 g/mol. The Bertz CT molecular complexity index is 339. The van der Waals surface area contributed by atoms with Crippen molar-refractivity contribution in [3.63, 3.8) is 0 Å². The second-order valence-corrected chi connectivity index (χ2v) is 5.43. The Hall–Kier alpha value is -0.860. The summed E-state index contributed by atoms with van der Waals surface area (Å²) < 4.78 is 0. The maximum atomic E-state index is 3.45. The van der Waals surface area contributed by atoms with Crippen LogP contribution in [0.25, 0.3) is 0 Å². The van der Waals surface area contributed by atoms with E-state index < -0.39 is 0 Å². The van der Waals surface area contributed by atoms with Crippen LogP contribution in [0.5, 0.6) is 0 Å². The van der Waals surface area contributed by atoms with Gasteiger partial charge >= 0.3 is 0 Å². The lowest BCUT2D eigenvalue weighted by atomic mass is 9.88. The number of nitrogens with zero attached hydrogens (tertiary/aromatic N) is 1. The van der Waals surface area contributed by atoms with E-state index in [-0.39, 0.29) is 0 Å². The van der Waals surface area contributed by atoms with Crippen molar-refractivity contribution in [2.75, 3.05) is 20.1 Å². The van der Waals surface area contributed by atoms with Crippen LogP contribution in [0, 0.1) is 0 Å². The Kier molecular flexibility index (Phi) is 3.85. The van der Waals surface area contributed by atoms with Gasteiger partial charge in [0, 0.05) is 24.7 Å². The van der Waals surface area contributed by atoms with E-state index in [1.54, 1.807) is 0 Å². The van der Waals surface area contributed by atoms with Crippen LogP contribution in [0.2, 0.25) is 0 Å². The third-order valence-corrected chi connectivity index (χ3v) is 4.33. The Labute approximate surface area is 105 Å². The van der Waals surface area contributed by atoms with E-state index in [0.29, 0.717) is 11.6 Å². The molecule has 0 saturated carbocycles. The summed E-state index contributed by atoms with van der Waals surface area (Å²) in [6.45, 7) is 7.02. The summed E-state index contributed by atoms with van der Waals surface area (Å²) in [7, 11) is 2.08. The van der Waals surface area contributed by atoms with Crippen LogP contribution in [-0.4, -0.2) is 30.6 Å². The van der Waals surface area contributed by atoms with Gasteiger partial charge < -0.3 is 5.32 Å². The minimum atomic E-state index is 0.340. The molecule has 1 heterocycles. The van der Waals surface area contributed by atoms with E-state index in [0.717, 1.165) is 0 Å². The molecule has 1 N–H and O–H groups in total. The molecule has 1 aliphatic heterocycles. The van der Waals surface area contributed by atoms with Gasteiger partial charge in [-0.15, -0.1) is 0 Å². The van der Waals surface area contributed by atoms with Crippen molar-refractivity contribution >= 4 is 0 Å². The number of likely N-dealkylation sites (tertiary alicyclic amines) is 1. The monoisotopic (exact) mass is 232 g/mol. The molecule has 2 heteroatoms. The van der Waals surface area contributed by atoms with Gasteiger partial charge in [0.05, 0.1) is 0 Å². The molecule has 0 bridgehead atoms. The Balaban J connectivity index is 1.97. The molecule has 0 amide bonds. The van der Waals surface area contributed by atoms with Gasteiger partial charge in [0.2, 0.25) is 0 Å². The van der Waals surface area contributed by atoms with E-state index in [1.165, 1.54) is 31.5 Å². The largest absolute Gasteiger partial charge is 0.314 e. The fraction of sp³-hybridized carbons (Fsp3) is 0.600. The highest BCUT2D eigenvalue weighted by Gasteiger charge is 2.30. The fourth-order valence-corrected chi connectivity index (χ4v) is 2.60. The summed E-state index contributed by atoms with van der Waals surface area (Å²) in [6, 6.07) is 11.4. The molecular formula is C15H24N2. The summed E-state index contributed by atoms with van der Waals surface area (Å²) in [5, 5.41) is 3.45. The van der Waals surface area contributed by atoms with Crippen LogP contribution in [-0.2, 0) is 0 Å². The van der Waals surface area contributed by atoms with Crippen molar-refractivity contribution < 1.29 is 0 Å². The fourth-order valence-electron chi connectivity index (χ4n) is 2.60. The zero-order valence-corrected chi connectivity index (χ0v) is 11.2. The summed E-state index contributed by atoms with van der Waals surface area (Å²) in [5.74, 6) is 0. The van der Waals surface area contributed by atoms with E-state index in [2.05, 4.69) is 61.4 Å². The average molecular weight is 232 g/mol. The first-order valence-corrected chi connectivity index (χ1v) is 6.62. The normalized spacial score (nSPS) is 22.3. The van der Waals surface area contributed by atoms with Gasteiger partial charge in [-0.05, 0) is 39.3 Å². The van der Waals surface area contributed by atoms with E-state index in [9.17, 15) is 0 Å². The second kappa shape index (κ2) is 5.19. The smallest absolute Gasteiger partial charge is 0.0319 e. The number of hydrogen-bond acceptors (Lipinski definition) is 2. The molecule has 1 fully saturated rings. The SMILES string of the molecule is CNC1(C)CCN(C(C)c2ccccc2)CC1. The highest BCUT2D eigenvalue weighted by Crippen LogP contribution is 2.28. The number of nitrogens with one attached hydrogen (secondary N) is 1. The molecule has 0 radical (unpaired) electrons. The average Bonchev–Trinajstić information content (AvgIpc) is 2.40. The molecule has 1 atom stereocenters. The van der Waals surface area contributed by atoms with Crippen molar-refractivity contribution in [1.29, 1.82) is 0 Å². The van der Waals surface area contributed by atoms with Crippen LogP contribution in [0.3, 0.4) is 0 Å². The minimum Gasteiger partial charge on any atom is -0.314 e.